The van der Waals surface area contributed by atoms with Gasteiger partial charge in [0.2, 0.25) is 0 Å². The molecule has 1 atom stereocenters. The van der Waals surface area contributed by atoms with Gasteiger partial charge < -0.3 is 14.8 Å². The Bertz CT molecular complexity index is 458. The van der Waals surface area contributed by atoms with Gasteiger partial charge in [0.25, 0.3) is 0 Å². The van der Waals surface area contributed by atoms with Crippen LogP contribution in [0.4, 0.5) is 4.79 Å². The van der Waals surface area contributed by atoms with Crippen molar-refractivity contribution in [3.63, 3.8) is 0 Å². The van der Waals surface area contributed by atoms with E-state index in [0.717, 1.165) is 0 Å². The number of benzene rings is 1. The van der Waals surface area contributed by atoms with E-state index in [1.165, 1.54) is 14.2 Å². The smallest absolute Gasteiger partial charge is 0.408 e. The fourth-order valence-corrected chi connectivity index (χ4v) is 1.83. The lowest BCUT2D eigenvalue weighted by molar-refractivity contribution is -0.148. The van der Waals surface area contributed by atoms with Gasteiger partial charge in [-0.3, -0.25) is 0 Å². The SMILES string of the molecule is C=CCC(NC(=O)OC)(C(=O)OC)c1ccccc1. The lowest BCUT2D eigenvalue weighted by Gasteiger charge is -2.30. The quantitative estimate of drug-likeness (QED) is 0.651. The Balaban J connectivity index is 3.30. The van der Waals surface area contributed by atoms with Gasteiger partial charge >= 0.3 is 12.1 Å². The molecule has 0 saturated heterocycles. The maximum Gasteiger partial charge on any atom is 0.408 e. The minimum absolute atomic E-state index is 0.193. The first-order chi connectivity index (χ1) is 9.10. The molecular weight excluding hydrogens is 246 g/mol. The van der Waals surface area contributed by atoms with E-state index in [4.69, 9.17) is 4.74 Å². The molecule has 0 radical (unpaired) electrons. The third-order valence-electron chi connectivity index (χ3n) is 2.75. The van der Waals surface area contributed by atoms with Gasteiger partial charge in [0, 0.05) is 6.42 Å². The van der Waals surface area contributed by atoms with Crippen molar-refractivity contribution in [1.82, 2.24) is 5.32 Å². The first-order valence-electron chi connectivity index (χ1n) is 5.71. The van der Waals surface area contributed by atoms with Gasteiger partial charge in [-0.25, -0.2) is 9.59 Å². The van der Waals surface area contributed by atoms with Crippen molar-refractivity contribution in [2.45, 2.75) is 12.0 Å². The van der Waals surface area contributed by atoms with E-state index < -0.39 is 17.6 Å². The summed E-state index contributed by atoms with van der Waals surface area (Å²) in [6.07, 6.45) is 1.02. The predicted octanol–water partition coefficient (Wildman–Crippen LogP) is 1.99. The summed E-state index contributed by atoms with van der Waals surface area (Å²) in [5, 5.41) is 2.54. The molecule has 1 N–H and O–H groups in total. The van der Waals surface area contributed by atoms with Gasteiger partial charge in [-0.1, -0.05) is 36.4 Å². The number of hydrogen-bond donors (Lipinski definition) is 1. The first-order valence-corrected chi connectivity index (χ1v) is 5.71. The molecule has 0 heterocycles. The number of ether oxygens (including phenoxy) is 2. The molecule has 102 valence electrons. The van der Waals surface area contributed by atoms with E-state index >= 15 is 0 Å². The van der Waals surface area contributed by atoms with Crippen LogP contribution in [0, 0.1) is 0 Å². The zero-order valence-electron chi connectivity index (χ0n) is 11.0. The van der Waals surface area contributed by atoms with Crippen LogP contribution in [-0.4, -0.2) is 26.3 Å². The van der Waals surface area contributed by atoms with Gasteiger partial charge in [0.1, 0.15) is 0 Å². The topological polar surface area (TPSA) is 64.6 Å². The summed E-state index contributed by atoms with van der Waals surface area (Å²) in [4.78, 5) is 23.7. The summed E-state index contributed by atoms with van der Waals surface area (Å²) in [7, 11) is 2.50. The fourth-order valence-electron chi connectivity index (χ4n) is 1.83. The standard InChI is InChI=1S/C14H17NO4/c1-4-10-14(12(16)18-2,15-13(17)19-3)11-8-6-5-7-9-11/h4-9H,1,10H2,2-3H3,(H,15,17). The number of esters is 1. The molecule has 0 saturated carbocycles. The number of rotatable bonds is 5. The summed E-state index contributed by atoms with van der Waals surface area (Å²) in [6, 6.07) is 8.83. The Morgan fingerprint density at radius 3 is 2.37 bits per heavy atom. The Morgan fingerprint density at radius 1 is 1.26 bits per heavy atom. The number of nitrogens with one attached hydrogen (secondary N) is 1. The summed E-state index contributed by atoms with van der Waals surface area (Å²) in [5.41, 5.74) is -0.725. The van der Waals surface area contributed by atoms with E-state index in [1.807, 2.05) is 6.07 Å². The highest BCUT2D eigenvalue weighted by atomic mass is 16.5. The van der Waals surface area contributed by atoms with Crippen molar-refractivity contribution in [2.24, 2.45) is 0 Å². The minimum Gasteiger partial charge on any atom is -0.467 e. The Labute approximate surface area is 112 Å². The summed E-state index contributed by atoms with van der Waals surface area (Å²) >= 11 is 0. The second kappa shape index (κ2) is 6.58. The number of carbonyl (C=O) groups is 2. The number of methoxy groups -OCH3 is 2. The van der Waals surface area contributed by atoms with Crippen molar-refractivity contribution in [3.8, 4) is 0 Å². The van der Waals surface area contributed by atoms with Crippen LogP contribution in [0.5, 0.6) is 0 Å². The van der Waals surface area contributed by atoms with E-state index in [-0.39, 0.29) is 6.42 Å². The molecule has 0 aliphatic carbocycles. The van der Waals surface area contributed by atoms with Crippen molar-refractivity contribution in [1.29, 1.82) is 0 Å². The number of alkyl carbamates (subject to hydrolysis) is 1. The van der Waals surface area contributed by atoms with Gasteiger partial charge in [-0.2, -0.15) is 0 Å². The van der Waals surface area contributed by atoms with E-state index in [1.54, 1.807) is 30.3 Å². The van der Waals surface area contributed by atoms with Crippen LogP contribution in [0.15, 0.2) is 43.0 Å². The largest absolute Gasteiger partial charge is 0.467 e. The van der Waals surface area contributed by atoms with Crippen LogP contribution in [-0.2, 0) is 19.8 Å². The van der Waals surface area contributed by atoms with Crippen LogP contribution in [0.25, 0.3) is 0 Å². The second-order valence-corrected chi connectivity index (χ2v) is 3.87. The lowest BCUT2D eigenvalue weighted by atomic mass is 9.86. The molecule has 1 aromatic carbocycles. The third-order valence-corrected chi connectivity index (χ3v) is 2.75. The van der Waals surface area contributed by atoms with Crippen molar-refractivity contribution >= 4 is 12.1 Å². The highest BCUT2D eigenvalue weighted by Crippen LogP contribution is 2.27. The zero-order chi connectivity index (χ0) is 14.3. The summed E-state index contributed by atoms with van der Waals surface area (Å²) in [5.74, 6) is -0.580. The van der Waals surface area contributed by atoms with Gasteiger partial charge in [-0.15, -0.1) is 6.58 Å². The van der Waals surface area contributed by atoms with Crippen LogP contribution in [0.2, 0.25) is 0 Å². The number of hydrogen-bond acceptors (Lipinski definition) is 4. The molecule has 1 unspecified atom stereocenters. The molecule has 5 nitrogen and oxygen atoms in total. The molecule has 0 fully saturated rings. The molecule has 1 amide bonds. The Hall–Kier alpha value is -2.30. The monoisotopic (exact) mass is 263 g/mol. The van der Waals surface area contributed by atoms with E-state index in [2.05, 4.69) is 16.6 Å². The lowest BCUT2D eigenvalue weighted by Crippen LogP contribution is -2.52. The molecule has 1 rings (SSSR count). The van der Waals surface area contributed by atoms with Gasteiger partial charge in [0.05, 0.1) is 14.2 Å². The zero-order valence-corrected chi connectivity index (χ0v) is 11.0. The maximum atomic E-state index is 12.1. The molecule has 1 aromatic rings. The fraction of sp³-hybridized carbons (Fsp3) is 0.286. The highest BCUT2D eigenvalue weighted by molar-refractivity contribution is 5.87. The number of amides is 1. The first kappa shape index (κ1) is 14.8. The molecule has 0 spiro atoms. The van der Waals surface area contributed by atoms with Crippen LogP contribution < -0.4 is 5.32 Å². The maximum absolute atomic E-state index is 12.1. The van der Waals surface area contributed by atoms with Crippen molar-refractivity contribution in [2.75, 3.05) is 14.2 Å². The van der Waals surface area contributed by atoms with Crippen LogP contribution in [0.1, 0.15) is 12.0 Å². The molecule has 19 heavy (non-hydrogen) atoms. The molecular formula is C14H17NO4. The molecule has 0 bridgehead atoms. The summed E-state index contributed by atoms with van der Waals surface area (Å²) < 4.78 is 9.39. The van der Waals surface area contributed by atoms with Crippen LogP contribution in [0.3, 0.4) is 0 Å². The molecule has 5 heteroatoms. The third kappa shape index (κ3) is 3.13. The highest BCUT2D eigenvalue weighted by Gasteiger charge is 2.42. The summed E-state index contributed by atoms with van der Waals surface area (Å²) in [6.45, 7) is 3.62. The molecule has 0 aromatic heterocycles. The minimum atomic E-state index is -1.33. The van der Waals surface area contributed by atoms with Gasteiger partial charge in [-0.05, 0) is 5.56 Å². The van der Waals surface area contributed by atoms with Gasteiger partial charge in [0.15, 0.2) is 5.54 Å². The average molecular weight is 263 g/mol. The molecule has 0 aliphatic rings. The second-order valence-electron chi connectivity index (χ2n) is 3.87. The van der Waals surface area contributed by atoms with Crippen molar-refractivity contribution in [3.05, 3.63) is 48.6 Å². The number of carbonyl (C=O) groups excluding carboxylic acids is 2. The Morgan fingerprint density at radius 2 is 1.89 bits per heavy atom. The van der Waals surface area contributed by atoms with Crippen LogP contribution >= 0.6 is 0 Å². The van der Waals surface area contributed by atoms with E-state index in [9.17, 15) is 9.59 Å². The average Bonchev–Trinajstić information content (AvgIpc) is 2.46. The predicted molar refractivity (Wildman–Crippen MR) is 70.5 cm³/mol. The Kier molecular flexibility index (Phi) is 5.11. The van der Waals surface area contributed by atoms with Crippen molar-refractivity contribution < 1.29 is 19.1 Å². The normalized spacial score (nSPS) is 12.9. The molecule has 0 aliphatic heterocycles. The van der Waals surface area contributed by atoms with E-state index in [0.29, 0.717) is 5.56 Å².